The van der Waals surface area contributed by atoms with Crippen molar-refractivity contribution in [3.05, 3.63) is 62.6 Å². The van der Waals surface area contributed by atoms with Crippen LogP contribution in [-0.4, -0.2) is 5.91 Å². The first-order valence-electron chi connectivity index (χ1n) is 5.63. The third kappa shape index (κ3) is 3.57. The lowest BCUT2D eigenvalue weighted by atomic mass is 10.2. The van der Waals surface area contributed by atoms with Crippen molar-refractivity contribution >= 4 is 40.7 Å². The molecule has 2 rings (SSSR count). The maximum atomic E-state index is 11.0. The second kappa shape index (κ2) is 6.35. The lowest BCUT2D eigenvalue weighted by Gasteiger charge is -2.10. The normalized spacial score (nSPS) is 10.3. The lowest BCUT2D eigenvalue weighted by molar-refractivity contribution is 0.100. The van der Waals surface area contributed by atoms with Gasteiger partial charge in [-0.2, -0.15) is 0 Å². The molecule has 0 aliphatic carbocycles. The van der Waals surface area contributed by atoms with Crippen molar-refractivity contribution in [3.63, 3.8) is 0 Å². The zero-order valence-electron chi connectivity index (χ0n) is 10.2. The van der Waals surface area contributed by atoms with Crippen LogP contribution in [0.3, 0.4) is 0 Å². The molecule has 20 heavy (non-hydrogen) atoms. The van der Waals surface area contributed by atoms with Crippen molar-refractivity contribution in [1.29, 1.82) is 0 Å². The van der Waals surface area contributed by atoms with Crippen LogP contribution in [0.5, 0.6) is 5.75 Å². The number of ether oxygens (including phenoxy) is 1. The summed E-state index contributed by atoms with van der Waals surface area (Å²) in [6, 6.07) is 9.74. The van der Waals surface area contributed by atoms with Gasteiger partial charge in [0.05, 0.1) is 5.02 Å². The van der Waals surface area contributed by atoms with Gasteiger partial charge in [0.2, 0.25) is 5.91 Å². The van der Waals surface area contributed by atoms with Crippen LogP contribution in [0.4, 0.5) is 0 Å². The number of hydrogen-bond donors (Lipinski definition) is 1. The molecule has 0 bridgehead atoms. The summed E-state index contributed by atoms with van der Waals surface area (Å²) in [5, 5.41) is 1.39. The Bertz CT molecular complexity index is 659. The van der Waals surface area contributed by atoms with Gasteiger partial charge in [-0.05, 0) is 30.3 Å². The summed E-state index contributed by atoms with van der Waals surface area (Å²) < 4.78 is 5.57. The Kier molecular flexibility index (Phi) is 4.76. The smallest absolute Gasteiger partial charge is 0.248 e. The molecule has 0 saturated carbocycles. The third-order valence-corrected chi connectivity index (χ3v) is 3.50. The van der Waals surface area contributed by atoms with Gasteiger partial charge in [0, 0.05) is 21.2 Å². The molecule has 2 aromatic rings. The number of carbonyl (C=O) groups is 1. The Labute approximate surface area is 131 Å². The van der Waals surface area contributed by atoms with Crippen molar-refractivity contribution in [2.75, 3.05) is 0 Å². The molecule has 2 aromatic carbocycles. The Balaban J connectivity index is 2.13. The van der Waals surface area contributed by atoms with Crippen LogP contribution in [-0.2, 0) is 6.61 Å². The van der Waals surface area contributed by atoms with Crippen molar-refractivity contribution in [1.82, 2.24) is 0 Å². The van der Waals surface area contributed by atoms with Gasteiger partial charge in [0.25, 0.3) is 0 Å². The Morgan fingerprint density at radius 3 is 2.40 bits per heavy atom. The molecule has 0 spiro atoms. The molecule has 1 amide bonds. The first-order valence-corrected chi connectivity index (χ1v) is 6.77. The predicted octanol–water partition coefficient (Wildman–Crippen LogP) is 4.32. The molecule has 0 heterocycles. The topological polar surface area (TPSA) is 52.3 Å². The maximum absolute atomic E-state index is 11.0. The first-order chi connectivity index (χ1) is 9.47. The van der Waals surface area contributed by atoms with E-state index in [-0.39, 0.29) is 6.61 Å². The minimum Gasteiger partial charge on any atom is -0.487 e. The Morgan fingerprint density at radius 2 is 1.80 bits per heavy atom. The van der Waals surface area contributed by atoms with Crippen LogP contribution < -0.4 is 10.5 Å². The van der Waals surface area contributed by atoms with Crippen molar-refractivity contribution in [2.45, 2.75) is 6.61 Å². The average molecular weight is 331 g/mol. The molecule has 0 aliphatic heterocycles. The number of halogens is 3. The second-order valence-electron chi connectivity index (χ2n) is 4.03. The standard InChI is InChI=1S/C14H10Cl3NO2/c15-10-3-1-9(11(16)6-10)7-20-13-4-2-8(14(18)19)5-12(13)17/h1-6H,7H2,(H2,18,19). The molecule has 0 atom stereocenters. The number of amides is 1. The zero-order valence-corrected chi connectivity index (χ0v) is 12.5. The van der Waals surface area contributed by atoms with Crippen molar-refractivity contribution in [3.8, 4) is 5.75 Å². The van der Waals surface area contributed by atoms with Gasteiger partial charge in [-0.1, -0.05) is 40.9 Å². The molecular formula is C14H10Cl3NO2. The van der Waals surface area contributed by atoms with Crippen LogP contribution in [0.1, 0.15) is 15.9 Å². The number of rotatable bonds is 4. The lowest BCUT2D eigenvalue weighted by Crippen LogP contribution is -2.10. The van der Waals surface area contributed by atoms with Gasteiger partial charge in [-0.15, -0.1) is 0 Å². The molecule has 0 unspecified atom stereocenters. The number of nitrogens with two attached hydrogens (primary N) is 1. The molecule has 0 saturated heterocycles. The fourth-order valence-electron chi connectivity index (χ4n) is 1.57. The molecule has 0 aliphatic rings. The van der Waals surface area contributed by atoms with Crippen LogP contribution in [0.2, 0.25) is 15.1 Å². The van der Waals surface area contributed by atoms with E-state index in [9.17, 15) is 4.79 Å². The van der Waals surface area contributed by atoms with E-state index in [2.05, 4.69) is 0 Å². The monoisotopic (exact) mass is 329 g/mol. The van der Waals surface area contributed by atoms with E-state index < -0.39 is 5.91 Å². The third-order valence-electron chi connectivity index (χ3n) is 2.61. The summed E-state index contributed by atoms with van der Waals surface area (Å²) in [7, 11) is 0. The number of carbonyl (C=O) groups excluding carboxylic acids is 1. The Morgan fingerprint density at radius 1 is 1.05 bits per heavy atom. The first kappa shape index (κ1) is 15.0. The molecule has 0 radical (unpaired) electrons. The SMILES string of the molecule is NC(=O)c1ccc(OCc2ccc(Cl)cc2Cl)c(Cl)c1. The van der Waals surface area contributed by atoms with Gasteiger partial charge in [0.1, 0.15) is 12.4 Å². The molecule has 0 fully saturated rings. The van der Waals surface area contributed by atoms with E-state index in [1.54, 1.807) is 30.3 Å². The average Bonchev–Trinajstić information content (AvgIpc) is 2.38. The van der Waals surface area contributed by atoms with E-state index in [1.807, 2.05) is 0 Å². The fraction of sp³-hybridized carbons (Fsp3) is 0.0714. The van der Waals surface area contributed by atoms with Crippen LogP contribution >= 0.6 is 34.8 Å². The summed E-state index contributed by atoms with van der Waals surface area (Å²) >= 11 is 17.9. The molecule has 0 aromatic heterocycles. The van der Waals surface area contributed by atoms with E-state index in [1.165, 1.54) is 6.07 Å². The van der Waals surface area contributed by atoms with Gasteiger partial charge in [-0.3, -0.25) is 4.79 Å². The van der Waals surface area contributed by atoms with E-state index in [0.717, 1.165) is 5.56 Å². The van der Waals surface area contributed by atoms with E-state index in [4.69, 9.17) is 45.3 Å². The highest BCUT2D eigenvalue weighted by Gasteiger charge is 2.08. The molecule has 6 heteroatoms. The van der Waals surface area contributed by atoms with Gasteiger partial charge in [0.15, 0.2) is 0 Å². The molecule has 3 nitrogen and oxygen atoms in total. The summed E-state index contributed by atoms with van der Waals surface area (Å²) in [4.78, 5) is 11.0. The van der Waals surface area contributed by atoms with E-state index in [0.29, 0.717) is 26.4 Å². The summed E-state index contributed by atoms with van der Waals surface area (Å²) in [5.41, 5.74) is 6.27. The summed E-state index contributed by atoms with van der Waals surface area (Å²) in [5.74, 6) is -0.0955. The van der Waals surface area contributed by atoms with Gasteiger partial charge >= 0.3 is 0 Å². The van der Waals surface area contributed by atoms with Gasteiger partial charge < -0.3 is 10.5 Å². The highest BCUT2D eigenvalue weighted by atomic mass is 35.5. The van der Waals surface area contributed by atoms with Crippen molar-refractivity contribution in [2.24, 2.45) is 5.73 Å². The van der Waals surface area contributed by atoms with Gasteiger partial charge in [-0.25, -0.2) is 0 Å². The van der Waals surface area contributed by atoms with Crippen LogP contribution in [0.15, 0.2) is 36.4 Å². The highest BCUT2D eigenvalue weighted by molar-refractivity contribution is 6.35. The summed E-state index contributed by atoms with van der Waals surface area (Å²) in [6.07, 6.45) is 0. The molecule has 2 N–H and O–H groups in total. The number of primary amides is 1. The minimum atomic E-state index is -0.542. The predicted molar refractivity (Wildman–Crippen MR) is 80.8 cm³/mol. The second-order valence-corrected chi connectivity index (χ2v) is 5.28. The number of benzene rings is 2. The quantitative estimate of drug-likeness (QED) is 0.907. The fourth-order valence-corrected chi connectivity index (χ4v) is 2.26. The highest BCUT2D eigenvalue weighted by Crippen LogP contribution is 2.28. The largest absolute Gasteiger partial charge is 0.487 e. The zero-order chi connectivity index (χ0) is 14.7. The summed E-state index contributed by atoms with van der Waals surface area (Å²) in [6.45, 7) is 0.242. The minimum absolute atomic E-state index is 0.242. The van der Waals surface area contributed by atoms with Crippen LogP contribution in [0.25, 0.3) is 0 Å². The van der Waals surface area contributed by atoms with Crippen molar-refractivity contribution < 1.29 is 9.53 Å². The molecular weight excluding hydrogens is 321 g/mol. The maximum Gasteiger partial charge on any atom is 0.248 e. The number of hydrogen-bond acceptors (Lipinski definition) is 2. The van der Waals surface area contributed by atoms with E-state index >= 15 is 0 Å². The van der Waals surface area contributed by atoms with Crippen LogP contribution in [0, 0.1) is 0 Å². The Hall–Kier alpha value is -1.42. The molecule has 104 valence electrons.